The molecule has 0 saturated carbocycles. The van der Waals surface area contributed by atoms with Gasteiger partial charge in [0.15, 0.2) is 0 Å². The average molecular weight is 659 g/mol. The van der Waals surface area contributed by atoms with E-state index < -0.39 is 0 Å². The van der Waals surface area contributed by atoms with E-state index in [0.29, 0.717) is 50.8 Å². The van der Waals surface area contributed by atoms with Crippen LogP contribution in [0.5, 0.6) is 0 Å². The highest BCUT2D eigenvalue weighted by Gasteiger charge is 2.18. The van der Waals surface area contributed by atoms with Crippen molar-refractivity contribution in [3.05, 3.63) is 77.5 Å². The van der Waals surface area contributed by atoms with Gasteiger partial charge >= 0.3 is 0 Å². The second kappa shape index (κ2) is 23.5. The molecule has 2 aromatic rings. The van der Waals surface area contributed by atoms with Crippen LogP contribution in [0.4, 0.5) is 5.69 Å². The van der Waals surface area contributed by atoms with E-state index >= 15 is 0 Å². The number of hydrogen-bond donors (Lipinski definition) is 5. The number of fused-ring (bicyclic) bond motifs is 2. The van der Waals surface area contributed by atoms with E-state index in [-0.39, 0.29) is 11.8 Å². The van der Waals surface area contributed by atoms with Gasteiger partial charge in [0.2, 0.25) is 11.8 Å². The summed E-state index contributed by atoms with van der Waals surface area (Å²) in [6, 6.07) is 16.7. The molecule has 0 radical (unpaired) electrons. The SMILES string of the molecule is C=C(CCC(=O)NCCSSC(C)CCC(=O)NCCCCCCONO)N1Cc2ccccc2/C=C\c2ccccc21.CO. The Morgan fingerprint density at radius 2 is 1.58 bits per heavy atom. The number of allylic oxidation sites excluding steroid dienone is 1. The number of carbonyl (C=O) groups excluding carboxylic acids is 2. The predicted octanol–water partition coefficient (Wildman–Crippen LogP) is 6.33. The normalized spacial score (nSPS) is 13.2. The summed E-state index contributed by atoms with van der Waals surface area (Å²) in [5.74, 6) is 0.947. The Balaban J connectivity index is 0.00000345. The Labute approximate surface area is 276 Å². The summed E-state index contributed by atoms with van der Waals surface area (Å²) in [4.78, 5) is 31.6. The van der Waals surface area contributed by atoms with Gasteiger partial charge < -0.3 is 20.6 Å². The minimum Gasteiger partial charge on any atom is -0.400 e. The number of nitrogens with one attached hydrogen (secondary N) is 3. The van der Waals surface area contributed by atoms with Crippen LogP contribution in [0.15, 0.2) is 60.8 Å². The molecule has 5 N–H and O–H groups in total. The molecule has 1 aliphatic heterocycles. The number of benzene rings is 2. The molecule has 3 rings (SSSR count). The molecule has 0 fully saturated rings. The van der Waals surface area contributed by atoms with Crippen LogP contribution in [0.25, 0.3) is 12.2 Å². The highest BCUT2D eigenvalue weighted by Crippen LogP contribution is 2.32. The maximum Gasteiger partial charge on any atom is 0.220 e. The molecule has 0 aliphatic carbocycles. The van der Waals surface area contributed by atoms with E-state index in [0.717, 1.165) is 61.9 Å². The number of carbonyl (C=O) groups is 2. The molecule has 2 aromatic carbocycles. The van der Waals surface area contributed by atoms with E-state index in [4.69, 9.17) is 10.3 Å². The quantitative estimate of drug-likeness (QED) is 0.0631. The molecule has 0 bridgehead atoms. The monoisotopic (exact) mass is 658 g/mol. The zero-order valence-electron chi connectivity index (χ0n) is 26.6. The average Bonchev–Trinajstić information content (AvgIpc) is 3.05. The van der Waals surface area contributed by atoms with Gasteiger partial charge in [0.25, 0.3) is 0 Å². The summed E-state index contributed by atoms with van der Waals surface area (Å²) < 4.78 is 0. The number of nitrogens with zero attached hydrogens (tertiary/aromatic N) is 1. The first-order valence-corrected chi connectivity index (χ1v) is 17.9. The Morgan fingerprint density at radius 1 is 0.911 bits per heavy atom. The van der Waals surface area contributed by atoms with Gasteiger partial charge in [-0.3, -0.25) is 19.6 Å². The smallest absolute Gasteiger partial charge is 0.220 e. The van der Waals surface area contributed by atoms with Gasteiger partial charge in [0, 0.05) is 62.0 Å². The molecule has 1 heterocycles. The van der Waals surface area contributed by atoms with E-state index in [9.17, 15) is 9.59 Å². The van der Waals surface area contributed by atoms with E-state index in [2.05, 4.69) is 82.4 Å². The third kappa shape index (κ3) is 15.4. The Kier molecular flexibility index (Phi) is 20.1. The number of aliphatic hydroxyl groups is 1. The topological polar surface area (TPSA) is 123 Å². The van der Waals surface area contributed by atoms with Crippen molar-refractivity contribution >= 4 is 51.2 Å². The lowest BCUT2D eigenvalue weighted by Gasteiger charge is -2.30. The third-order valence-electron chi connectivity index (χ3n) is 7.15. The van der Waals surface area contributed by atoms with Gasteiger partial charge in [0.05, 0.1) is 6.61 Å². The van der Waals surface area contributed by atoms with Crippen molar-refractivity contribution in [1.82, 2.24) is 16.3 Å². The molecule has 2 amide bonds. The Bertz CT molecular complexity index is 1200. The van der Waals surface area contributed by atoms with Crippen LogP contribution in [0, 0.1) is 0 Å². The molecule has 1 atom stereocenters. The second-order valence-corrected chi connectivity index (χ2v) is 13.5. The summed E-state index contributed by atoms with van der Waals surface area (Å²) in [7, 11) is 4.50. The molecule has 45 heavy (non-hydrogen) atoms. The number of anilines is 1. The number of hydrogen-bond acceptors (Lipinski definition) is 9. The molecule has 1 aliphatic rings. The fourth-order valence-corrected chi connectivity index (χ4v) is 6.96. The number of aliphatic hydroxyl groups excluding tert-OH is 1. The van der Waals surface area contributed by atoms with Crippen molar-refractivity contribution in [3.8, 4) is 0 Å². The van der Waals surface area contributed by atoms with Crippen LogP contribution in [-0.4, -0.2) is 59.9 Å². The van der Waals surface area contributed by atoms with Gasteiger partial charge in [-0.25, -0.2) is 0 Å². The van der Waals surface area contributed by atoms with Crippen LogP contribution in [0.2, 0.25) is 0 Å². The maximum atomic E-state index is 12.6. The van der Waals surface area contributed by atoms with Gasteiger partial charge in [-0.15, -0.1) is 0 Å². The summed E-state index contributed by atoms with van der Waals surface area (Å²) in [5.41, 5.74) is 7.27. The summed E-state index contributed by atoms with van der Waals surface area (Å²) in [5, 5.41) is 21.7. The molecular weight excluding hydrogens is 609 g/mol. The minimum absolute atomic E-state index is 0.0348. The highest BCUT2D eigenvalue weighted by atomic mass is 33.1. The highest BCUT2D eigenvalue weighted by molar-refractivity contribution is 8.76. The van der Waals surface area contributed by atoms with Crippen molar-refractivity contribution in [3.63, 3.8) is 0 Å². The summed E-state index contributed by atoms with van der Waals surface area (Å²) in [6.45, 7) is 8.99. The lowest BCUT2D eigenvalue weighted by atomic mass is 10.00. The van der Waals surface area contributed by atoms with Crippen molar-refractivity contribution in [2.45, 2.75) is 70.1 Å². The Morgan fingerprint density at radius 3 is 2.38 bits per heavy atom. The standard InChI is InChI=1S/C33H46N4O4S2.CH4O/c1-26(37-25-30-13-6-5-11-28(30)17-18-29-12-7-8-14-31(29)37)15-19-32(38)35-22-24-42-43-27(2)16-20-33(39)34-21-9-3-4-10-23-41-36-40;1-2/h5-8,11-14,17-18,27,36,40H,1,3-4,9-10,15-16,19-25H2,2H3,(H,34,39)(H,35,38);2H,1H3/b18-17-;. The Hall–Kier alpha value is -2.80. The van der Waals surface area contributed by atoms with Gasteiger partial charge in [-0.1, -0.05) is 108 Å². The van der Waals surface area contributed by atoms with Crippen LogP contribution < -0.4 is 21.2 Å². The van der Waals surface area contributed by atoms with Gasteiger partial charge in [-0.2, -0.15) is 0 Å². The van der Waals surface area contributed by atoms with Crippen molar-refractivity contribution in [2.24, 2.45) is 0 Å². The zero-order chi connectivity index (χ0) is 32.7. The molecule has 9 nitrogen and oxygen atoms in total. The van der Waals surface area contributed by atoms with E-state index in [1.807, 2.05) is 12.1 Å². The fraction of sp³-hybridized carbons (Fsp3) is 0.471. The van der Waals surface area contributed by atoms with Gasteiger partial charge in [-0.05, 0) is 48.4 Å². The third-order valence-corrected chi connectivity index (χ3v) is 10.1. The first-order chi connectivity index (χ1) is 22.0. The summed E-state index contributed by atoms with van der Waals surface area (Å²) in [6.07, 6.45) is 10.5. The lowest BCUT2D eigenvalue weighted by Crippen LogP contribution is -2.28. The lowest BCUT2D eigenvalue weighted by molar-refractivity contribution is -0.127. The molecule has 0 aromatic heterocycles. The molecule has 1 unspecified atom stereocenters. The number of para-hydroxylation sites is 1. The maximum absolute atomic E-state index is 12.6. The molecule has 248 valence electrons. The van der Waals surface area contributed by atoms with Crippen LogP contribution in [-0.2, 0) is 21.0 Å². The van der Waals surface area contributed by atoms with Crippen LogP contribution >= 0.6 is 21.6 Å². The number of rotatable bonds is 20. The molecular formula is C34H50N4O5S2. The number of amides is 2. The molecule has 0 saturated heterocycles. The van der Waals surface area contributed by atoms with Crippen molar-refractivity contribution in [2.75, 3.05) is 37.5 Å². The zero-order valence-corrected chi connectivity index (χ0v) is 28.3. The van der Waals surface area contributed by atoms with Crippen LogP contribution in [0.3, 0.4) is 0 Å². The van der Waals surface area contributed by atoms with Crippen molar-refractivity contribution < 1.29 is 24.7 Å². The number of unbranched alkanes of at least 4 members (excludes halogenated alkanes) is 3. The predicted molar refractivity (Wildman–Crippen MR) is 189 cm³/mol. The van der Waals surface area contributed by atoms with E-state index in [1.165, 1.54) is 11.1 Å². The second-order valence-electron chi connectivity index (χ2n) is 10.6. The largest absolute Gasteiger partial charge is 0.400 e. The van der Waals surface area contributed by atoms with Gasteiger partial charge in [0.1, 0.15) is 0 Å². The fourth-order valence-electron chi connectivity index (χ4n) is 4.71. The van der Waals surface area contributed by atoms with Crippen LogP contribution in [0.1, 0.15) is 75.0 Å². The first-order valence-electron chi connectivity index (χ1n) is 15.6. The first kappa shape index (κ1) is 38.4. The van der Waals surface area contributed by atoms with E-state index in [1.54, 1.807) is 27.2 Å². The summed E-state index contributed by atoms with van der Waals surface area (Å²) >= 11 is 0. The minimum atomic E-state index is 0.0348. The van der Waals surface area contributed by atoms with Crippen molar-refractivity contribution in [1.29, 1.82) is 0 Å². The molecule has 11 heteroatoms. The molecule has 0 spiro atoms.